The second-order valence-corrected chi connectivity index (χ2v) is 7.00. The highest BCUT2D eigenvalue weighted by atomic mass is 16.5. The third-order valence-corrected chi connectivity index (χ3v) is 4.91. The van der Waals surface area contributed by atoms with E-state index in [4.69, 9.17) is 4.74 Å². The van der Waals surface area contributed by atoms with Gasteiger partial charge in [0.2, 0.25) is 0 Å². The van der Waals surface area contributed by atoms with Gasteiger partial charge in [0, 0.05) is 5.92 Å². The lowest BCUT2D eigenvalue weighted by atomic mass is 9.67. The molecular formula is C14H22O2. The Morgan fingerprint density at radius 2 is 1.88 bits per heavy atom. The summed E-state index contributed by atoms with van der Waals surface area (Å²) in [6, 6.07) is 0. The van der Waals surface area contributed by atoms with Crippen LogP contribution in [-0.4, -0.2) is 17.5 Å². The van der Waals surface area contributed by atoms with Crippen molar-refractivity contribution in [2.75, 3.05) is 0 Å². The van der Waals surface area contributed by atoms with Crippen LogP contribution in [0, 0.1) is 17.3 Å². The monoisotopic (exact) mass is 222 g/mol. The molecule has 1 saturated heterocycles. The van der Waals surface area contributed by atoms with E-state index >= 15 is 0 Å². The van der Waals surface area contributed by atoms with Gasteiger partial charge in [0.25, 0.3) is 0 Å². The number of rotatable bonds is 0. The molecule has 90 valence electrons. The molecule has 0 N–H and O–H groups in total. The van der Waals surface area contributed by atoms with E-state index in [0.29, 0.717) is 17.3 Å². The highest BCUT2D eigenvalue weighted by molar-refractivity contribution is 5.94. The average Bonchev–Trinajstić information content (AvgIpc) is 2.90. The minimum Gasteiger partial charge on any atom is -0.363 e. The Kier molecular flexibility index (Phi) is 2.08. The summed E-state index contributed by atoms with van der Waals surface area (Å²) in [6.45, 7) is 6.93. The second-order valence-electron chi connectivity index (χ2n) is 7.00. The van der Waals surface area contributed by atoms with E-state index in [0.717, 1.165) is 38.0 Å². The van der Waals surface area contributed by atoms with E-state index in [1.807, 2.05) is 0 Å². The van der Waals surface area contributed by atoms with Crippen molar-refractivity contribution < 1.29 is 9.53 Å². The summed E-state index contributed by atoms with van der Waals surface area (Å²) in [7, 11) is 0. The molecular weight excluding hydrogens is 200 g/mol. The van der Waals surface area contributed by atoms with Crippen molar-refractivity contribution in [2.24, 2.45) is 17.3 Å². The van der Waals surface area contributed by atoms with Gasteiger partial charge < -0.3 is 4.74 Å². The van der Waals surface area contributed by atoms with Crippen LogP contribution in [0.1, 0.15) is 52.9 Å². The molecule has 1 aliphatic heterocycles. The van der Waals surface area contributed by atoms with E-state index in [1.54, 1.807) is 0 Å². The van der Waals surface area contributed by atoms with E-state index < -0.39 is 0 Å². The van der Waals surface area contributed by atoms with Crippen molar-refractivity contribution >= 4 is 5.78 Å². The number of carbonyl (C=O) groups excluding carboxylic acids is 1. The number of hydrogen-bond donors (Lipinski definition) is 0. The molecule has 1 heterocycles. The molecule has 0 amide bonds. The number of ether oxygens (including phenoxy) is 1. The lowest BCUT2D eigenvalue weighted by Gasteiger charge is -2.41. The van der Waals surface area contributed by atoms with Gasteiger partial charge in [-0.1, -0.05) is 20.8 Å². The van der Waals surface area contributed by atoms with E-state index in [1.165, 1.54) is 0 Å². The minimum absolute atomic E-state index is 0.284. The molecule has 0 aromatic carbocycles. The molecule has 2 saturated carbocycles. The standard InChI is InChI=1S/C14H22O2/c1-13(2,3)9-4-6-14(7-5-9)12(15)10-8-11(10)16-14/h9-11H,4-8H2,1-3H3. The largest absolute Gasteiger partial charge is 0.363 e. The molecule has 3 fully saturated rings. The summed E-state index contributed by atoms with van der Waals surface area (Å²) in [5.41, 5.74) is 0.0432. The molecule has 1 spiro atoms. The van der Waals surface area contributed by atoms with Gasteiger partial charge in [0.15, 0.2) is 5.78 Å². The first-order valence-corrected chi connectivity index (χ1v) is 6.64. The van der Waals surface area contributed by atoms with E-state index in [9.17, 15) is 4.79 Å². The minimum atomic E-state index is -0.338. The Morgan fingerprint density at radius 1 is 1.25 bits per heavy atom. The highest BCUT2D eigenvalue weighted by Crippen LogP contribution is 2.54. The number of hydrogen-bond acceptors (Lipinski definition) is 2. The van der Waals surface area contributed by atoms with Crippen LogP contribution in [-0.2, 0) is 9.53 Å². The van der Waals surface area contributed by atoms with Crippen LogP contribution >= 0.6 is 0 Å². The summed E-state index contributed by atoms with van der Waals surface area (Å²) in [6.07, 6.45) is 5.58. The topological polar surface area (TPSA) is 26.3 Å². The van der Waals surface area contributed by atoms with Gasteiger partial charge >= 0.3 is 0 Å². The third-order valence-electron chi connectivity index (χ3n) is 4.91. The maximum absolute atomic E-state index is 12.2. The Hall–Kier alpha value is -0.370. The lowest BCUT2D eigenvalue weighted by molar-refractivity contribution is -0.143. The molecule has 2 atom stereocenters. The van der Waals surface area contributed by atoms with Gasteiger partial charge in [-0.3, -0.25) is 4.79 Å². The fourth-order valence-corrected chi connectivity index (χ4v) is 3.58. The average molecular weight is 222 g/mol. The van der Waals surface area contributed by atoms with Crippen molar-refractivity contribution in [3.63, 3.8) is 0 Å². The molecule has 16 heavy (non-hydrogen) atoms. The van der Waals surface area contributed by atoms with Crippen molar-refractivity contribution in [2.45, 2.75) is 64.6 Å². The SMILES string of the molecule is CC(C)(C)C1CCC2(CC1)OC1CC1C2=O. The second kappa shape index (κ2) is 3.10. The van der Waals surface area contributed by atoms with Gasteiger partial charge in [-0.15, -0.1) is 0 Å². The Morgan fingerprint density at radius 3 is 2.31 bits per heavy atom. The van der Waals surface area contributed by atoms with Crippen LogP contribution < -0.4 is 0 Å². The van der Waals surface area contributed by atoms with E-state index in [-0.39, 0.29) is 11.5 Å². The summed E-state index contributed by atoms with van der Waals surface area (Å²) >= 11 is 0. The first kappa shape index (κ1) is 10.8. The van der Waals surface area contributed by atoms with Crippen LogP contribution in [0.2, 0.25) is 0 Å². The smallest absolute Gasteiger partial charge is 0.170 e. The van der Waals surface area contributed by atoms with Gasteiger partial charge in [0.05, 0.1) is 6.10 Å². The fourth-order valence-electron chi connectivity index (χ4n) is 3.58. The molecule has 0 bridgehead atoms. The van der Waals surface area contributed by atoms with Crippen molar-refractivity contribution in [1.29, 1.82) is 0 Å². The fraction of sp³-hybridized carbons (Fsp3) is 0.929. The molecule has 2 unspecified atom stereocenters. The summed E-state index contributed by atoms with van der Waals surface area (Å²) in [5.74, 6) is 1.47. The normalized spacial score (nSPS) is 47.2. The third kappa shape index (κ3) is 1.46. The predicted molar refractivity (Wildman–Crippen MR) is 62.1 cm³/mol. The molecule has 3 aliphatic rings. The summed E-state index contributed by atoms with van der Waals surface area (Å²) in [5, 5.41) is 0. The number of fused-ring (bicyclic) bond motifs is 1. The Labute approximate surface area is 97.7 Å². The number of carbonyl (C=O) groups is 1. The van der Waals surface area contributed by atoms with Crippen LogP contribution in [0.4, 0.5) is 0 Å². The van der Waals surface area contributed by atoms with E-state index in [2.05, 4.69) is 20.8 Å². The molecule has 0 aromatic rings. The van der Waals surface area contributed by atoms with Crippen LogP contribution in [0.5, 0.6) is 0 Å². The first-order valence-electron chi connectivity index (χ1n) is 6.64. The van der Waals surface area contributed by atoms with Gasteiger partial charge in [0.1, 0.15) is 5.60 Å². The van der Waals surface area contributed by atoms with Crippen LogP contribution in [0.15, 0.2) is 0 Å². The molecule has 3 rings (SSSR count). The van der Waals surface area contributed by atoms with Crippen LogP contribution in [0.3, 0.4) is 0 Å². The Balaban J connectivity index is 1.69. The van der Waals surface area contributed by atoms with Crippen molar-refractivity contribution in [3.05, 3.63) is 0 Å². The van der Waals surface area contributed by atoms with Crippen molar-refractivity contribution in [1.82, 2.24) is 0 Å². The van der Waals surface area contributed by atoms with Crippen LogP contribution in [0.25, 0.3) is 0 Å². The molecule has 2 heteroatoms. The lowest BCUT2D eigenvalue weighted by Crippen LogP contribution is -2.44. The summed E-state index contributed by atoms with van der Waals surface area (Å²) in [4.78, 5) is 12.2. The summed E-state index contributed by atoms with van der Waals surface area (Å²) < 4.78 is 5.99. The van der Waals surface area contributed by atoms with Gasteiger partial charge in [-0.2, -0.15) is 0 Å². The Bertz CT molecular complexity index is 318. The predicted octanol–water partition coefficient (Wildman–Crippen LogP) is 2.95. The zero-order chi connectivity index (χ0) is 11.6. The molecule has 2 nitrogen and oxygen atoms in total. The maximum atomic E-state index is 12.2. The van der Waals surface area contributed by atoms with Crippen molar-refractivity contribution in [3.8, 4) is 0 Å². The maximum Gasteiger partial charge on any atom is 0.170 e. The van der Waals surface area contributed by atoms with Gasteiger partial charge in [-0.05, 0) is 43.4 Å². The highest BCUT2D eigenvalue weighted by Gasteiger charge is 2.63. The number of ketones is 1. The molecule has 0 aromatic heterocycles. The molecule has 2 aliphatic carbocycles. The zero-order valence-electron chi connectivity index (χ0n) is 10.6. The zero-order valence-corrected chi connectivity index (χ0v) is 10.6. The quantitative estimate of drug-likeness (QED) is 0.630. The first-order chi connectivity index (χ1) is 7.42. The van der Waals surface area contributed by atoms with Gasteiger partial charge in [-0.25, -0.2) is 0 Å². The molecule has 0 radical (unpaired) electrons. The number of Topliss-reactive ketones (excluding diaryl/α,β-unsaturated/α-hetero) is 1.